The number of carbonyl (C=O) groups is 1. The summed E-state index contributed by atoms with van der Waals surface area (Å²) in [7, 11) is -7.37. The molecule has 32 heavy (non-hydrogen) atoms. The Morgan fingerprint density at radius 1 is 0.750 bits per heavy atom. The summed E-state index contributed by atoms with van der Waals surface area (Å²) in [6.45, 7) is 0. The minimum atomic E-state index is -3.85. The van der Waals surface area contributed by atoms with E-state index in [1.165, 1.54) is 54.6 Å². The summed E-state index contributed by atoms with van der Waals surface area (Å²) < 4.78 is 52.6. The first-order valence-electron chi connectivity index (χ1n) is 8.90. The SMILES string of the molecule is CS(=O)(=O)Nc1ccc(Cl)c(C(=O)Nc2ccc(S(=O)(=O)Nc3ccc(Cl)cc3)cc2)c1. The van der Waals surface area contributed by atoms with E-state index in [0.717, 1.165) is 6.26 Å². The van der Waals surface area contributed by atoms with Crippen LogP contribution in [0, 0.1) is 0 Å². The second-order valence-corrected chi connectivity index (χ2v) is 10.9. The molecule has 8 nitrogen and oxygen atoms in total. The summed E-state index contributed by atoms with van der Waals surface area (Å²) >= 11 is 11.9. The van der Waals surface area contributed by atoms with E-state index < -0.39 is 26.0 Å². The highest BCUT2D eigenvalue weighted by atomic mass is 35.5. The number of amides is 1. The third kappa shape index (κ3) is 6.36. The molecule has 12 heteroatoms. The molecule has 0 aliphatic carbocycles. The first-order valence-corrected chi connectivity index (χ1v) is 13.0. The third-order valence-electron chi connectivity index (χ3n) is 4.03. The van der Waals surface area contributed by atoms with Crippen LogP contribution in [0.3, 0.4) is 0 Å². The number of sulfonamides is 2. The first kappa shape index (κ1) is 23.9. The molecule has 0 saturated heterocycles. The summed E-state index contributed by atoms with van der Waals surface area (Å²) in [5.74, 6) is -0.595. The van der Waals surface area contributed by atoms with Gasteiger partial charge in [-0.3, -0.25) is 14.2 Å². The highest BCUT2D eigenvalue weighted by Crippen LogP contribution is 2.24. The molecule has 0 atom stereocenters. The maximum Gasteiger partial charge on any atom is 0.261 e. The van der Waals surface area contributed by atoms with Gasteiger partial charge in [0.15, 0.2) is 0 Å². The molecular weight excluding hydrogens is 497 g/mol. The van der Waals surface area contributed by atoms with Crippen LogP contribution in [0.1, 0.15) is 10.4 Å². The fourth-order valence-electron chi connectivity index (χ4n) is 2.62. The van der Waals surface area contributed by atoms with Gasteiger partial charge >= 0.3 is 0 Å². The minimum absolute atomic E-state index is 0.0113. The molecular formula is C20H17Cl2N3O5S2. The Kier molecular flexibility index (Phi) is 6.99. The average molecular weight is 514 g/mol. The normalized spacial score (nSPS) is 11.6. The zero-order chi connectivity index (χ0) is 23.5. The number of rotatable bonds is 7. The molecule has 0 radical (unpaired) electrons. The summed E-state index contributed by atoms with van der Waals surface area (Å²) in [4.78, 5) is 12.6. The van der Waals surface area contributed by atoms with Crippen molar-refractivity contribution in [2.24, 2.45) is 0 Å². The van der Waals surface area contributed by atoms with Crippen molar-refractivity contribution in [3.63, 3.8) is 0 Å². The van der Waals surface area contributed by atoms with Crippen LogP contribution >= 0.6 is 23.2 Å². The van der Waals surface area contributed by atoms with Crippen LogP contribution in [0.4, 0.5) is 17.1 Å². The van der Waals surface area contributed by atoms with Crippen LogP contribution in [0.25, 0.3) is 0 Å². The van der Waals surface area contributed by atoms with Crippen molar-refractivity contribution in [2.75, 3.05) is 21.0 Å². The Morgan fingerprint density at radius 2 is 1.31 bits per heavy atom. The Hall–Kier alpha value is -2.79. The first-order chi connectivity index (χ1) is 14.9. The molecule has 0 fully saturated rings. The molecule has 0 bridgehead atoms. The van der Waals surface area contributed by atoms with Crippen LogP contribution < -0.4 is 14.8 Å². The molecule has 1 amide bonds. The Morgan fingerprint density at radius 3 is 1.91 bits per heavy atom. The molecule has 3 aromatic carbocycles. The number of nitrogens with one attached hydrogen (secondary N) is 3. The molecule has 0 aromatic heterocycles. The second-order valence-electron chi connectivity index (χ2n) is 6.66. The van der Waals surface area contributed by atoms with Crippen LogP contribution in [-0.2, 0) is 20.0 Å². The number of hydrogen-bond donors (Lipinski definition) is 3. The summed E-state index contributed by atoms with van der Waals surface area (Å²) in [6, 6.07) is 15.8. The number of halogens is 2. The number of benzene rings is 3. The Bertz CT molecular complexity index is 1360. The van der Waals surface area contributed by atoms with Gasteiger partial charge in [-0.15, -0.1) is 0 Å². The molecule has 0 aliphatic rings. The van der Waals surface area contributed by atoms with Crippen molar-refractivity contribution >= 4 is 66.2 Å². The summed E-state index contributed by atoms with van der Waals surface area (Å²) in [6.07, 6.45) is 0.985. The van der Waals surface area contributed by atoms with E-state index in [4.69, 9.17) is 23.2 Å². The molecule has 0 aliphatic heterocycles. The van der Waals surface area contributed by atoms with Crippen molar-refractivity contribution in [1.29, 1.82) is 0 Å². The van der Waals surface area contributed by atoms with Crippen LogP contribution in [-0.4, -0.2) is 29.0 Å². The van der Waals surface area contributed by atoms with Crippen LogP contribution in [0.5, 0.6) is 0 Å². The lowest BCUT2D eigenvalue weighted by molar-refractivity contribution is 0.102. The molecule has 0 saturated carbocycles. The van der Waals surface area contributed by atoms with Crippen molar-refractivity contribution in [3.8, 4) is 0 Å². The monoisotopic (exact) mass is 513 g/mol. The highest BCUT2D eigenvalue weighted by molar-refractivity contribution is 7.92. The van der Waals surface area contributed by atoms with Gasteiger partial charge in [-0.25, -0.2) is 16.8 Å². The van der Waals surface area contributed by atoms with E-state index in [-0.39, 0.29) is 21.2 Å². The highest BCUT2D eigenvalue weighted by Gasteiger charge is 2.16. The predicted octanol–water partition coefficient (Wildman–Crippen LogP) is 4.42. The fourth-order valence-corrected chi connectivity index (χ4v) is 4.57. The number of anilines is 3. The summed E-state index contributed by atoms with van der Waals surface area (Å²) in [5, 5.41) is 3.19. The van der Waals surface area contributed by atoms with E-state index in [2.05, 4.69) is 14.8 Å². The maximum atomic E-state index is 12.6. The van der Waals surface area contributed by atoms with Gasteiger partial charge in [0.25, 0.3) is 15.9 Å². The molecule has 0 heterocycles. The quantitative estimate of drug-likeness (QED) is 0.431. The summed E-state index contributed by atoms with van der Waals surface area (Å²) in [5.41, 5.74) is 0.889. The van der Waals surface area contributed by atoms with Crippen LogP contribution in [0.15, 0.2) is 71.6 Å². The van der Waals surface area contributed by atoms with Gasteiger partial charge in [-0.05, 0) is 66.7 Å². The lowest BCUT2D eigenvalue weighted by atomic mass is 10.2. The zero-order valence-electron chi connectivity index (χ0n) is 16.5. The standard InChI is InChI=1S/C20H17Cl2N3O5S2/c1-31(27,28)24-16-8-11-19(22)18(12-16)20(26)23-14-6-9-17(10-7-14)32(29,30)25-15-4-2-13(21)3-5-15/h2-12,24-25H,1H3,(H,23,26). The van der Waals surface area contributed by atoms with Crippen molar-refractivity contribution < 1.29 is 21.6 Å². The lowest BCUT2D eigenvalue weighted by Gasteiger charge is -2.11. The van der Waals surface area contributed by atoms with Gasteiger partial charge in [0.1, 0.15) is 0 Å². The van der Waals surface area contributed by atoms with Gasteiger partial charge in [0, 0.05) is 22.1 Å². The van der Waals surface area contributed by atoms with Gasteiger partial charge < -0.3 is 5.32 Å². The lowest BCUT2D eigenvalue weighted by Crippen LogP contribution is -2.15. The van der Waals surface area contributed by atoms with Gasteiger partial charge in [0.05, 0.1) is 21.7 Å². The van der Waals surface area contributed by atoms with Crippen molar-refractivity contribution in [3.05, 3.63) is 82.3 Å². The molecule has 0 spiro atoms. The Balaban J connectivity index is 1.75. The Labute approximate surface area is 195 Å². The third-order valence-corrected chi connectivity index (χ3v) is 6.62. The van der Waals surface area contributed by atoms with Gasteiger partial charge in [-0.2, -0.15) is 0 Å². The molecule has 3 N–H and O–H groups in total. The predicted molar refractivity (Wildman–Crippen MR) is 127 cm³/mol. The second kappa shape index (κ2) is 9.37. The van der Waals surface area contributed by atoms with Crippen molar-refractivity contribution in [1.82, 2.24) is 0 Å². The van der Waals surface area contributed by atoms with E-state index in [0.29, 0.717) is 16.4 Å². The molecule has 3 rings (SSSR count). The number of hydrogen-bond acceptors (Lipinski definition) is 5. The van der Waals surface area contributed by atoms with E-state index >= 15 is 0 Å². The largest absolute Gasteiger partial charge is 0.322 e. The minimum Gasteiger partial charge on any atom is -0.322 e. The van der Waals surface area contributed by atoms with Gasteiger partial charge in [0.2, 0.25) is 10.0 Å². The molecule has 0 unspecified atom stereocenters. The fraction of sp³-hybridized carbons (Fsp3) is 0.0500. The number of carbonyl (C=O) groups excluding carboxylic acids is 1. The van der Waals surface area contributed by atoms with E-state index in [1.807, 2.05) is 0 Å². The maximum absolute atomic E-state index is 12.6. The average Bonchev–Trinajstić information content (AvgIpc) is 2.70. The molecule has 3 aromatic rings. The van der Waals surface area contributed by atoms with E-state index in [9.17, 15) is 21.6 Å². The smallest absolute Gasteiger partial charge is 0.261 e. The van der Waals surface area contributed by atoms with E-state index in [1.54, 1.807) is 12.1 Å². The van der Waals surface area contributed by atoms with Crippen LogP contribution in [0.2, 0.25) is 10.0 Å². The zero-order valence-corrected chi connectivity index (χ0v) is 19.6. The van der Waals surface area contributed by atoms with Gasteiger partial charge in [-0.1, -0.05) is 23.2 Å². The van der Waals surface area contributed by atoms with Crippen molar-refractivity contribution in [2.45, 2.75) is 4.90 Å². The molecule has 168 valence electrons. The topological polar surface area (TPSA) is 121 Å².